The predicted molar refractivity (Wildman–Crippen MR) is 77.7 cm³/mol. The second kappa shape index (κ2) is 5.31. The van der Waals surface area contributed by atoms with Gasteiger partial charge in [0.05, 0.1) is 12.6 Å². The summed E-state index contributed by atoms with van der Waals surface area (Å²) in [6, 6.07) is 12.0. The summed E-state index contributed by atoms with van der Waals surface area (Å²) in [5, 5.41) is 0. The number of nitrogens with two attached hydrogens (primary N) is 1. The third-order valence-corrected chi connectivity index (χ3v) is 3.64. The van der Waals surface area contributed by atoms with Crippen LogP contribution in [-0.2, 0) is 5.54 Å². The number of hydrogen-bond acceptors (Lipinski definition) is 2. The van der Waals surface area contributed by atoms with E-state index in [1.54, 1.807) is 13.2 Å². The molecule has 2 aromatic rings. The number of rotatable bonds is 3. The number of ether oxygens (including phenoxy) is 1. The van der Waals surface area contributed by atoms with Crippen molar-refractivity contribution >= 4 is 15.9 Å². The molecule has 2 nitrogen and oxygen atoms in total. The van der Waals surface area contributed by atoms with E-state index in [0.717, 1.165) is 10.0 Å². The summed E-state index contributed by atoms with van der Waals surface area (Å²) in [5.74, 6) is 0.244. The lowest BCUT2D eigenvalue weighted by Gasteiger charge is -2.28. The molecule has 0 aliphatic heterocycles. The standard InChI is InChI=1S/C15H15BrFNO/c1-15(18,10-4-3-5-11(16)8-10)13-9-12(17)6-7-14(13)19-2/h3-9H,18H2,1-2H3. The highest BCUT2D eigenvalue weighted by molar-refractivity contribution is 9.10. The SMILES string of the molecule is COc1ccc(F)cc1C(C)(N)c1cccc(Br)c1. The molecule has 4 heteroatoms. The topological polar surface area (TPSA) is 35.2 Å². The first-order valence-electron chi connectivity index (χ1n) is 5.84. The van der Waals surface area contributed by atoms with Crippen LogP contribution >= 0.6 is 15.9 Å². The van der Waals surface area contributed by atoms with Gasteiger partial charge in [-0.15, -0.1) is 0 Å². The van der Waals surface area contributed by atoms with E-state index in [0.29, 0.717) is 11.3 Å². The van der Waals surface area contributed by atoms with Gasteiger partial charge < -0.3 is 10.5 Å². The average molecular weight is 324 g/mol. The van der Waals surface area contributed by atoms with Gasteiger partial charge >= 0.3 is 0 Å². The molecule has 0 amide bonds. The smallest absolute Gasteiger partial charge is 0.124 e. The zero-order valence-electron chi connectivity index (χ0n) is 10.8. The van der Waals surface area contributed by atoms with Crippen LogP contribution in [0.5, 0.6) is 5.75 Å². The fraction of sp³-hybridized carbons (Fsp3) is 0.200. The molecule has 0 saturated heterocycles. The summed E-state index contributed by atoms with van der Waals surface area (Å²) in [6.07, 6.45) is 0. The zero-order chi connectivity index (χ0) is 14.0. The Bertz CT molecular complexity index is 598. The molecule has 19 heavy (non-hydrogen) atoms. The summed E-state index contributed by atoms with van der Waals surface area (Å²) < 4.78 is 19.7. The van der Waals surface area contributed by atoms with Gasteiger partial charge in [-0.3, -0.25) is 0 Å². The lowest BCUT2D eigenvalue weighted by Crippen LogP contribution is -2.34. The molecule has 2 rings (SSSR count). The van der Waals surface area contributed by atoms with Gasteiger partial charge in [0.15, 0.2) is 0 Å². The van der Waals surface area contributed by atoms with Gasteiger partial charge in [0, 0.05) is 10.0 Å². The Labute approximate surface area is 120 Å². The van der Waals surface area contributed by atoms with Crippen molar-refractivity contribution in [3.8, 4) is 5.75 Å². The minimum absolute atomic E-state index is 0.331. The van der Waals surface area contributed by atoms with Crippen molar-refractivity contribution in [3.63, 3.8) is 0 Å². The molecule has 1 atom stereocenters. The molecule has 0 radical (unpaired) electrons. The van der Waals surface area contributed by atoms with E-state index in [1.807, 2.05) is 31.2 Å². The largest absolute Gasteiger partial charge is 0.496 e. The Kier molecular flexibility index (Phi) is 3.92. The van der Waals surface area contributed by atoms with Gasteiger partial charge in [-0.1, -0.05) is 28.1 Å². The highest BCUT2D eigenvalue weighted by atomic mass is 79.9. The van der Waals surface area contributed by atoms with E-state index in [2.05, 4.69) is 15.9 Å². The number of methoxy groups -OCH3 is 1. The molecule has 0 aliphatic rings. The van der Waals surface area contributed by atoms with Crippen molar-refractivity contribution in [3.05, 3.63) is 63.9 Å². The van der Waals surface area contributed by atoms with Crippen LogP contribution in [0.2, 0.25) is 0 Å². The van der Waals surface area contributed by atoms with Gasteiger partial charge in [-0.05, 0) is 42.8 Å². The fourth-order valence-corrected chi connectivity index (χ4v) is 2.45. The second-order valence-electron chi connectivity index (χ2n) is 4.56. The quantitative estimate of drug-likeness (QED) is 0.931. The molecule has 2 N–H and O–H groups in total. The van der Waals surface area contributed by atoms with E-state index >= 15 is 0 Å². The summed E-state index contributed by atoms with van der Waals surface area (Å²) in [4.78, 5) is 0. The lowest BCUT2D eigenvalue weighted by atomic mass is 9.85. The van der Waals surface area contributed by atoms with Crippen LogP contribution in [0.25, 0.3) is 0 Å². The molecule has 1 unspecified atom stereocenters. The third-order valence-electron chi connectivity index (χ3n) is 3.15. The molecular weight excluding hydrogens is 309 g/mol. The van der Waals surface area contributed by atoms with Crippen LogP contribution in [-0.4, -0.2) is 7.11 Å². The van der Waals surface area contributed by atoms with E-state index < -0.39 is 5.54 Å². The first kappa shape index (κ1) is 14.0. The molecule has 0 aromatic heterocycles. The molecule has 2 aromatic carbocycles. The molecule has 0 saturated carbocycles. The van der Waals surface area contributed by atoms with Gasteiger partial charge in [-0.25, -0.2) is 4.39 Å². The van der Waals surface area contributed by atoms with Crippen LogP contribution in [0.4, 0.5) is 4.39 Å². The van der Waals surface area contributed by atoms with E-state index in [9.17, 15) is 4.39 Å². The van der Waals surface area contributed by atoms with Crippen molar-refractivity contribution in [1.29, 1.82) is 0 Å². The van der Waals surface area contributed by atoms with Crippen LogP contribution in [0.3, 0.4) is 0 Å². The highest BCUT2D eigenvalue weighted by Crippen LogP contribution is 2.34. The number of hydrogen-bond donors (Lipinski definition) is 1. The maximum atomic E-state index is 13.5. The fourth-order valence-electron chi connectivity index (χ4n) is 2.05. The summed E-state index contributed by atoms with van der Waals surface area (Å²) in [7, 11) is 1.55. The zero-order valence-corrected chi connectivity index (χ0v) is 12.4. The van der Waals surface area contributed by atoms with E-state index in [-0.39, 0.29) is 5.82 Å². The minimum Gasteiger partial charge on any atom is -0.496 e. The second-order valence-corrected chi connectivity index (χ2v) is 5.47. The normalized spacial score (nSPS) is 13.9. The Hall–Kier alpha value is -1.39. The molecule has 0 fully saturated rings. The third kappa shape index (κ3) is 2.80. The summed E-state index contributed by atoms with van der Waals surface area (Å²) >= 11 is 3.42. The Morgan fingerprint density at radius 1 is 1.21 bits per heavy atom. The first-order valence-corrected chi connectivity index (χ1v) is 6.63. The average Bonchev–Trinajstić information content (AvgIpc) is 2.38. The predicted octanol–water partition coefficient (Wildman–Crippen LogP) is 3.82. The minimum atomic E-state index is -0.836. The summed E-state index contributed by atoms with van der Waals surface area (Å²) in [6.45, 7) is 1.84. The molecule has 0 heterocycles. The van der Waals surface area contributed by atoms with Gasteiger partial charge in [0.2, 0.25) is 0 Å². The Morgan fingerprint density at radius 2 is 1.95 bits per heavy atom. The van der Waals surface area contributed by atoms with Crippen molar-refractivity contribution in [1.82, 2.24) is 0 Å². The Morgan fingerprint density at radius 3 is 2.58 bits per heavy atom. The van der Waals surface area contributed by atoms with Crippen molar-refractivity contribution < 1.29 is 9.13 Å². The number of halogens is 2. The highest BCUT2D eigenvalue weighted by Gasteiger charge is 2.28. The molecular formula is C15H15BrFNO. The molecule has 0 spiro atoms. The van der Waals surface area contributed by atoms with Crippen molar-refractivity contribution in [2.24, 2.45) is 5.73 Å². The monoisotopic (exact) mass is 323 g/mol. The van der Waals surface area contributed by atoms with E-state index in [1.165, 1.54) is 12.1 Å². The molecule has 100 valence electrons. The van der Waals surface area contributed by atoms with Gasteiger partial charge in [0.25, 0.3) is 0 Å². The lowest BCUT2D eigenvalue weighted by molar-refractivity contribution is 0.397. The number of benzene rings is 2. The Balaban J connectivity index is 2.58. The summed E-state index contributed by atoms with van der Waals surface area (Å²) in [5.41, 5.74) is 7.07. The maximum absolute atomic E-state index is 13.5. The van der Waals surface area contributed by atoms with Crippen molar-refractivity contribution in [2.75, 3.05) is 7.11 Å². The van der Waals surface area contributed by atoms with Gasteiger partial charge in [0.1, 0.15) is 11.6 Å². The van der Waals surface area contributed by atoms with Crippen LogP contribution in [0.1, 0.15) is 18.1 Å². The molecule has 0 bridgehead atoms. The van der Waals surface area contributed by atoms with Gasteiger partial charge in [-0.2, -0.15) is 0 Å². The van der Waals surface area contributed by atoms with Crippen LogP contribution < -0.4 is 10.5 Å². The van der Waals surface area contributed by atoms with Crippen LogP contribution in [0.15, 0.2) is 46.9 Å². The van der Waals surface area contributed by atoms with E-state index in [4.69, 9.17) is 10.5 Å². The maximum Gasteiger partial charge on any atom is 0.124 e. The van der Waals surface area contributed by atoms with Crippen LogP contribution in [0, 0.1) is 5.82 Å². The first-order chi connectivity index (χ1) is 8.95. The van der Waals surface area contributed by atoms with Crippen molar-refractivity contribution in [2.45, 2.75) is 12.5 Å². The molecule has 0 aliphatic carbocycles.